The molecule has 0 spiro atoms. The predicted molar refractivity (Wildman–Crippen MR) is 109 cm³/mol. The van der Waals surface area contributed by atoms with Crippen molar-refractivity contribution in [1.82, 2.24) is 15.0 Å². The Hall–Kier alpha value is -3.00. The van der Waals surface area contributed by atoms with Crippen LogP contribution in [0.2, 0.25) is 0 Å². The lowest BCUT2D eigenvalue weighted by Crippen LogP contribution is -2.34. The number of aryl methyl sites for hydroxylation is 2. The minimum absolute atomic E-state index is 0.160. The summed E-state index contributed by atoms with van der Waals surface area (Å²) in [5, 5.41) is 13.9. The van der Waals surface area contributed by atoms with Crippen LogP contribution in [0.3, 0.4) is 0 Å². The van der Waals surface area contributed by atoms with Crippen molar-refractivity contribution in [2.24, 2.45) is 5.10 Å². The molecule has 1 amide bonds. The molecule has 0 saturated heterocycles. The normalized spacial score (nSPS) is 14.9. The number of aromatic nitrogens is 2. The molecule has 1 unspecified atom stereocenters. The molecule has 0 bridgehead atoms. The van der Waals surface area contributed by atoms with Gasteiger partial charge in [0.2, 0.25) is 0 Å². The minimum atomic E-state index is -0.736. The van der Waals surface area contributed by atoms with E-state index in [0.29, 0.717) is 5.39 Å². The molecule has 4 rings (SSSR count). The van der Waals surface area contributed by atoms with Crippen LogP contribution in [0.1, 0.15) is 41.8 Å². The summed E-state index contributed by atoms with van der Waals surface area (Å²) in [5.74, 6) is -0.241. The maximum atomic E-state index is 13.0. The van der Waals surface area contributed by atoms with Gasteiger partial charge in [-0.1, -0.05) is 0 Å². The Kier molecular flexibility index (Phi) is 4.95. The molecule has 7 nitrogen and oxygen atoms in total. The second kappa shape index (κ2) is 7.55. The first-order valence-corrected chi connectivity index (χ1v) is 9.99. The van der Waals surface area contributed by atoms with E-state index in [9.17, 15) is 14.7 Å². The van der Waals surface area contributed by atoms with Gasteiger partial charge in [0.25, 0.3) is 11.5 Å². The van der Waals surface area contributed by atoms with Crippen molar-refractivity contribution < 1.29 is 9.90 Å². The Morgan fingerprint density at radius 2 is 2.07 bits per heavy atom. The van der Waals surface area contributed by atoms with Crippen LogP contribution in [-0.2, 0) is 17.6 Å². The summed E-state index contributed by atoms with van der Waals surface area (Å²) in [6, 6.07) is 5.69. The van der Waals surface area contributed by atoms with Gasteiger partial charge in [-0.25, -0.2) is 10.4 Å². The third kappa shape index (κ3) is 3.43. The predicted octanol–water partition coefficient (Wildman–Crippen LogP) is 2.75. The summed E-state index contributed by atoms with van der Waals surface area (Å²) in [6.45, 7) is 1.65. The van der Waals surface area contributed by atoms with Crippen molar-refractivity contribution in [3.8, 4) is 5.75 Å². The molecule has 1 aliphatic rings. The number of hydrogen-bond acceptors (Lipinski definition) is 6. The topological polar surface area (TPSA) is 96.6 Å². The monoisotopic (exact) mass is 396 g/mol. The number of carbonyl (C=O) groups is 1. The highest BCUT2D eigenvalue weighted by molar-refractivity contribution is 7.18. The summed E-state index contributed by atoms with van der Waals surface area (Å²) in [5.41, 5.74) is 4.13. The van der Waals surface area contributed by atoms with E-state index in [4.69, 9.17) is 0 Å². The van der Waals surface area contributed by atoms with Crippen molar-refractivity contribution in [1.29, 1.82) is 0 Å². The van der Waals surface area contributed by atoms with E-state index in [-0.39, 0.29) is 11.3 Å². The fourth-order valence-corrected chi connectivity index (χ4v) is 4.61. The third-order valence-corrected chi connectivity index (χ3v) is 6.18. The Bertz CT molecular complexity index is 1110. The van der Waals surface area contributed by atoms with Crippen molar-refractivity contribution in [3.63, 3.8) is 0 Å². The van der Waals surface area contributed by atoms with Gasteiger partial charge in [0, 0.05) is 4.88 Å². The summed E-state index contributed by atoms with van der Waals surface area (Å²) >= 11 is 1.59. The standard InChI is InChI=1S/C20H20N4O3S/c1-12(18(26)23-22-10-13-6-8-14(25)9-7-13)24-11-21-19-17(20(24)27)15-4-2-3-5-16(15)28-19/h6-12,25H,2-5H2,1H3,(H,23,26). The van der Waals surface area contributed by atoms with Gasteiger partial charge in [0.05, 0.1) is 17.9 Å². The molecule has 1 aromatic carbocycles. The lowest BCUT2D eigenvalue weighted by atomic mass is 9.97. The summed E-state index contributed by atoms with van der Waals surface area (Å²) in [7, 11) is 0. The van der Waals surface area contributed by atoms with Gasteiger partial charge in [-0.2, -0.15) is 5.10 Å². The molecule has 3 aromatic rings. The summed E-state index contributed by atoms with van der Waals surface area (Å²) in [6.07, 6.45) is 7.04. The van der Waals surface area contributed by atoms with E-state index in [0.717, 1.165) is 41.6 Å². The number of nitrogens with zero attached hydrogens (tertiary/aromatic N) is 3. The molecule has 28 heavy (non-hydrogen) atoms. The van der Waals surface area contributed by atoms with E-state index < -0.39 is 11.9 Å². The Labute approximate surface area is 165 Å². The zero-order valence-electron chi connectivity index (χ0n) is 15.4. The maximum Gasteiger partial charge on any atom is 0.263 e. The van der Waals surface area contributed by atoms with Gasteiger partial charge in [-0.15, -0.1) is 11.3 Å². The minimum Gasteiger partial charge on any atom is -0.508 e. The second-order valence-corrected chi connectivity index (χ2v) is 7.93. The van der Waals surface area contributed by atoms with Gasteiger partial charge >= 0.3 is 0 Å². The largest absolute Gasteiger partial charge is 0.508 e. The average Bonchev–Trinajstić information content (AvgIpc) is 3.08. The number of rotatable bonds is 4. The van der Waals surface area contributed by atoms with E-state index in [1.165, 1.54) is 34.1 Å². The van der Waals surface area contributed by atoms with Crippen LogP contribution in [0.25, 0.3) is 10.2 Å². The smallest absolute Gasteiger partial charge is 0.263 e. The van der Waals surface area contributed by atoms with Gasteiger partial charge in [-0.3, -0.25) is 14.2 Å². The van der Waals surface area contributed by atoms with Crippen LogP contribution in [-0.4, -0.2) is 26.8 Å². The number of carbonyl (C=O) groups excluding carboxylic acids is 1. The van der Waals surface area contributed by atoms with Crippen molar-refractivity contribution in [2.75, 3.05) is 0 Å². The van der Waals surface area contributed by atoms with Crippen molar-refractivity contribution in [3.05, 3.63) is 57.0 Å². The second-order valence-electron chi connectivity index (χ2n) is 6.85. The molecule has 2 N–H and O–H groups in total. The number of benzene rings is 1. The van der Waals surface area contributed by atoms with Gasteiger partial charge in [0.1, 0.15) is 16.6 Å². The van der Waals surface area contributed by atoms with Crippen molar-refractivity contribution >= 4 is 33.7 Å². The van der Waals surface area contributed by atoms with E-state index in [1.54, 1.807) is 30.4 Å². The number of hydrazone groups is 1. The number of hydrogen-bond donors (Lipinski definition) is 2. The highest BCUT2D eigenvalue weighted by Crippen LogP contribution is 2.33. The fraction of sp³-hybridized carbons (Fsp3) is 0.300. The molecule has 144 valence electrons. The lowest BCUT2D eigenvalue weighted by Gasteiger charge is -2.14. The SMILES string of the molecule is CC(C(=O)NN=Cc1ccc(O)cc1)n1cnc2sc3c(c2c1=O)CCCC3. The molecule has 0 radical (unpaired) electrons. The molecule has 8 heteroatoms. The van der Waals surface area contributed by atoms with Crippen molar-refractivity contribution in [2.45, 2.75) is 38.6 Å². The first kappa shape index (κ1) is 18.4. The molecule has 0 saturated carbocycles. The van der Waals surface area contributed by atoms with E-state index >= 15 is 0 Å². The van der Waals surface area contributed by atoms with Crippen LogP contribution in [0, 0.1) is 0 Å². The Morgan fingerprint density at radius 1 is 1.32 bits per heavy atom. The first-order chi connectivity index (χ1) is 13.5. The molecule has 0 aliphatic heterocycles. The molecule has 1 atom stereocenters. The van der Waals surface area contributed by atoms with Crippen LogP contribution < -0.4 is 11.0 Å². The number of phenolic OH excluding ortho intramolecular Hbond substituents is 1. The lowest BCUT2D eigenvalue weighted by molar-refractivity contribution is -0.123. The fourth-order valence-electron chi connectivity index (χ4n) is 3.39. The summed E-state index contributed by atoms with van der Waals surface area (Å²) < 4.78 is 1.37. The molecule has 2 heterocycles. The molecule has 1 aliphatic carbocycles. The Morgan fingerprint density at radius 3 is 2.86 bits per heavy atom. The average molecular weight is 396 g/mol. The zero-order chi connectivity index (χ0) is 19.7. The zero-order valence-corrected chi connectivity index (χ0v) is 16.2. The summed E-state index contributed by atoms with van der Waals surface area (Å²) in [4.78, 5) is 31.9. The quantitative estimate of drug-likeness (QED) is 0.523. The maximum absolute atomic E-state index is 13.0. The third-order valence-electron chi connectivity index (χ3n) is 4.98. The number of thiophene rings is 1. The highest BCUT2D eigenvalue weighted by atomic mass is 32.1. The number of aromatic hydroxyl groups is 1. The highest BCUT2D eigenvalue weighted by Gasteiger charge is 2.23. The molecular formula is C20H20N4O3S. The van der Waals surface area contributed by atoms with Gasteiger partial charge in [0.15, 0.2) is 0 Å². The van der Waals surface area contributed by atoms with E-state index in [2.05, 4.69) is 15.5 Å². The Balaban J connectivity index is 1.55. The van der Waals surface area contributed by atoms with Crippen LogP contribution in [0.15, 0.2) is 40.5 Å². The first-order valence-electron chi connectivity index (χ1n) is 9.18. The number of amides is 1. The number of phenols is 1. The molecule has 2 aromatic heterocycles. The number of fused-ring (bicyclic) bond motifs is 3. The van der Waals surface area contributed by atoms with Gasteiger partial charge in [-0.05, 0) is 68.0 Å². The molecule has 0 fully saturated rings. The van der Waals surface area contributed by atoms with Crippen LogP contribution in [0.5, 0.6) is 5.75 Å². The van der Waals surface area contributed by atoms with E-state index in [1.807, 2.05) is 0 Å². The van der Waals surface area contributed by atoms with Gasteiger partial charge < -0.3 is 5.11 Å². The number of nitrogens with one attached hydrogen (secondary N) is 1. The van der Waals surface area contributed by atoms with Crippen LogP contribution >= 0.6 is 11.3 Å². The van der Waals surface area contributed by atoms with Crippen LogP contribution in [0.4, 0.5) is 0 Å². The molecular weight excluding hydrogens is 376 g/mol.